The summed E-state index contributed by atoms with van der Waals surface area (Å²) in [6, 6.07) is 9.66. The van der Waals surface area contributed by atoms with E-state index in [1.165, 1.54) is 0 Å². The Morgan fingerprint density at radius 2 is 2.11 bits per heavy atom. The molecule has 1 aliphatic carbocycles. The number of amides is 1. The molecule has 0 saturated heterocycles. The zero-order valence-corrected chi connectivity index (χ0v) is 19.7. The van der Waals surface area contributed by atoms with Crippen molar-refractivity contribution >= 4 is 22.8 Å². The van der Waals surface area contributed by atoms with E-state index in [9.17, 15) is 9.90 Å². The second-order valence-corrected chi connectivity index (χ2v) is 8.81. The SMILES string of the molecule is COCCNc1ccn2ncc(C(=O)Nc3cc(-c4nnn([C@H]5C[C@H](CO)C5)n4)ccc3C)c2c1. The molecule has 3 N–H and O–H groups in total. The molecule has 0 atom stereocenters. The van der Waals surface area contributed by atoms with E-state index in [1.807, 2.05) is 43.5 Å². The largest absolute Gasteiger partial charge is 0.396 e. The summed E-state index contributed by atoms with van der Waals surface area (Å²) in [7, 11) is 1.65. The summed E-state index contributed by atoms with van der Waals surface area (Å²) in [4.78, 5) is 14.8. The summed E-state index contributed by atoms with van der Waals surface area (Å²) < 4.78 is 6.75. The number of aromatic nitrogens is 6. The van der Waals surface area contributed by atoms with Crippen LogP contribution >= 0.6 is 0 Å². The number of aliphatic hydroxyl groups is 1. The molecule has 0 radical (unpaired) electrons. The van der Waals surface area contributed by atoms with Crippen LogP contribution in [0.1, 0.15) is 34.8 Å². The van der Waals surface area contributed by atoms with Gasteiger partial charge in [-0.2, -0.15) is 9.90 Å². The van der Waals surface area contributed by atoms with Crippen LogP contribution in [-0.4, -0.2) is 67.7 Å². The van der Waals surface area contributed by atoms with Crippen molar-refractivity contribution in [3.63, 3.8) is 0 Å². The van der Waals surface area contributed by atoms with Crippen LogP contribution in [0.4, 0.5) is 11.4 Å². The molecule has 3 aromatic heterocycles. The summed E-state index contributed by atoms with van der Waals surface area (Å²) in [6.07, 6.45) is 5.08. The second-order valence-electron chi connectivity index (χ2n) is 8.81. The number of aliphatic hydroxyl groups excluding tert-OH is 1. The van der Waals surface area contributed by atoms with Gasteiger partial charge in [-0.3, -0.25) is 4.79 Å². The lowest BCUT2D eigenvalue weighted by Gasteiger charge is -2.32. The Bertz CT molecular complexity index is 1340. The van der Waals surface area contributed by atoms with Gasteiger partial charge in [0, 0.05) is 43.4 Å². The average molecular weight is 477 g/mol. The molecule has 1 aromatic carbocycles. The molecule has 11 nitrogen and oxygen atoms in total. The molecule has 3 heterocycles. The van der Waals surface area contributed by atoms with Gasteiger partial charge in [0.1, 0.15) is 0 Å². The number of nitrogens with zero attached hydrogens (tertiary/aromatic N) is 6. The molecule has 11 heteroatoms. The molecule has 1 aliphatic rings. The number of benzene rings is 1. The Morgan fingerprint density at radius 3 is 2.91 bits per heavy atom. The lowest BCUT2D eigenvalue weighted by Crippen LogP contribution is -2.30. The van der Waals surface area contributed by atoms with Gasteiger partial charge in [-0.15, -0.1) is 10.2 Å². The van der Waals surface area contributed by atoms with Crippen LogP contribution in [0.25, 0.3) is 16.9 Å². The number of pyridine rings is 1. The fourth-order valence-electron chi connectivity index (χ4n) is 4.18. The molecule has 1 fully saturated rings. The Kier molecular flexibility index (Phi) is 6.43. The first-order chi connectivity index (χ1) is 17.1. The van der Waals surface area contributed by atoms with Crippen molar-refractivity contribution in [3.05, 3.63) is 53.9 Å². The van der Waals surface area contributed by atoms with Crippen molar-refractivity contribution in [1.29, 1.82) is 0 Å². The number of tetrazole rings is 1. The zero-order valence-electron chi connectivity index (χ0n) is 19.7. The first-order valence-electron chi connectivity index (χ1n) is 11.6. The molecule has 0 spiro atoms. The summed E-state index contributed by atoms with van der Waals surface area (Å²) >= 11 is 0. The maximum Gasteiger partial charge on any atom is 0.259 e. The highest BCUT2D eigenvalue weighted by Crippen LogP contribution is 2.36. The van der Waals surface area contributed by atoms with E-state index in [0.29, 0.717) is 41.7 Å². The number of hydrogen-bond donors (Lipinski definition) is 3. The highest BCUT2D eigenvalue weighted by Gasteiger charge is 2.31. The van der Waals surface area contributed by atoms with E-state index in [1.54, 1.807) is 22.6 Å². The predicted octanol–water partition coefficient (Wildman–Crippen LogP) is 2.55. The lowest BCUT2D eigenvalue weighted by molar-refractivity contribution is 0.0962. The van der Waals surface area contributed by atoms with Crippen LogP contribution in [0.5, 0.6) is 0 Å². The van der Waals surface area contributed by atoms with Crippen LogP contribution in [-0.2, 0) is 4.74 Å². The monoisotopic (exact) mass is 476 g/mol. The van der Waals surface area contributed by atoms with Crippen LogP contribution < -0.4 is 10.6 Å². The van der Waals surface area contributed by atoms with Crippen molar-refractivity contribution in [2.45, 2.75) is 25.8 Å². The molecular formula is C24H28N8O3. The van der Waals surface area contributed by atoms with Crippen molar-refractivity contribution in [3.8, 4) is 11.4 Å². The lowest BCUT2D eigenvalue weighted by atomic mass is 9.81. The van der Waals surface area contributed by atoms with E-state index in [2.05, 4.69) is 31.1 Å². The van der Waals surface area contributed by atoms with E-state index in [4.69, 9.17) is 4.74 Å². The molecule has 4 aromatic rings. The minimum atomic E-state index is -0.254. The maximum atomic E-state index is 13.2. The number of aryl methyl sites for hydroxylation is 1. The first-order valence-corrected chi connectivity index (χ1v) is 11.6. The van der Waals surface area contributed by atoms with Gasteiger partial charge in [0.2, 0.25) is 5.82 Å². The summed E-state index contributed by atoms with van der Waals surface area (Å²) in [5.74, 6) is 0.555. The fraction of sp³-hybridized carbons (Fsp3) is 0.375. The number of hydrogen-bond acceptors (Lipinski definition) is 8. The fourth-order valence-corrected chi connectivity index (χ4v) is 4.18. The topological polar surface area (TPSA) is 131 Å². The van der Waals surface area contributed by atoms with Crippen molar-refractivity contribution in [2.24, 2.45) is 5.92 Å². The highest BCUT2D eigenvalue weighted by molar-refractivity contribution is 6.09. The average Bonchev–Trinajstić information content (AvgIpc) is 3.47. The number of ether oxygens (including phenoxy) is 1. The molecule has 1 saturated carbocycles. The molecule has 5 rings (SSSR count). The molecular weight excluding hydrogens is 448 g/mol. The molecule has 182 valence electrons. The first kappa shape index (κ1) is 22.9. The molecule has 0 bridgehead atoms. The number of anilines is 2. The van der Waals surface area contributed by atoms with Crippen molar-refractivity contribution in [1.82, 2.24) is 29.8 Å². The van der Waals surface area contributed by atoms with Gasteiger partial charge < -0.3 is 20.5 Å². The van der Waals surface area contributed by atoms with Gasteiger partial charge in [-0.05, 0) is 54.7 Å². The Hall–Kier alpha value is -3.83. The van der Waals surface area contributed by atoms with E-state index in [0.717, 1.165) is 29.7 Å². The minimum absolute atomic E-state index is 0.169. The zero-order chi connectivity index (χ0) is 24.4. The van der Waals surface area contributed by atoms with Crippen LogP contribution in [0.15, 0.2) is 42.7 Å². The van der Waals surface area contributed by atoms with E-state index < -0.39 is 0 Å². The van der Waals surface area contributed by atoms with E-state index >= 15 is 0 Å². The molecule has 1 amide bonds. The third kappa shape index (κ3) is 4.73. The summed E-state index contributed by atoms with van der Waals surface area (Å²) in [5, 5.41) is 32.7. The van der Waals surface area contributed by atoms with Crippen molar-refractivity contribution in [2.75, 3.05) is 37.5 Å². The van der Waals surface area contributed by atoms with Crippen LogP contribution in [0.3, 0.4) is 0 Å². The standard InChI is InChI=1S/C24H28N8O3/c1-15-3-4-17(23-28-30-32(29-23)19-9-16(10-19)14-33)11-21(15)27-24(34)20-13-26-31-7-5-18(12-22(20)31)25-6-8-35-2/h3-5,7,11-13,16,19,25,33H,6,8-10,14H2,1-2H3,(H,27,34)/t16-,19-. The normalized spacial score (nSPS) is 17.3. The maximum absolute atomic E-state index is 13.2. The van der Waals surface area contributed by atoms with Gasteiger partial charge in [0.15, 0.2) is 0 Å². The van der Waals surface area contributed by atoms with E-state index in [-0.39, 0.29) is 18.6 Å². The smallest absolute Gasteiger partial charge is 0.259 e. The molecule has 0 aliphatic heterocycles. The number of carbonyl (C=O) groups excluding carboxylic acids is 1. The Labute approximate surface area is 202 Å². The summed E-state index contributed by atoms with van der Waals surface area (Å²) in [5.41, 5.74) is 4.40. The number of carbonyl (C=O) groups is 1. The van der Waals surface area contributed by atoms with Crippen molar-refractivity contribution < 1.29 is 14.6 Å². The number of rotatable bonds is 9. The Balaban J connectivity index is 1.34. The number of fused-ring (bicyclic) bond motifs is 1. The van der Waals surface area contributed by atoms with Gasteiger partial charge >= 0.3 is 0 Å². The Morgan fingerprint density at radius 1 is 1.26 bits per heavy atom. The molecule has 35 heavy (non-hydrogen) atoms. The van der Waals surface area contributed by atoms with Crippen LogP contribution in [0.2, 0.25) is 0 Å². The van der Waals surface area contributed by atoms with Gasteiger partial charge in [-0.1, -0.05) is 12.1 Å². The second kappa shape index (κ2) is 9.80. The highest BCUT2D eigenvalue weighted by atomic mass is 16.5. The quantitative estimate of drug-likeness (QED) is 0.314. The predicted molar refractivity (Wildman–Crippen MR) is 130 cm³/mol. The van der Waals surface area contributed by atoms with Gasteiger partial charge in [-0.25, -0.2) is 4.52 Å². The molecule has 0 unspecified atom stereocenters. The van der Waals surface area contributed by atoms with Crippen LogP contribution in [0, 0.1) is 12.8 Å². The summed E-state index contributed by atoms with van der Waals surface area (Å²) in [6.45, 7) is 3.37. The minimum Gasteiger partial charge on any atom is -0.396 e. The number of methoxy groups -OCH3 is 1. The van der Waals surface area contributed by atoms with Gasteiger partial charge in [0.25, 0.3) is 5.91 Å². The number of nitrogens with one attached hydrogen (secondary N) is 2. The van der Waals surface area contributed by atoms with Gasteiger partial charge in [0.05, 0.1) is 29.9 Å². The third-order valence-corrected chi connectivity index (χ3v) is 6.37. The third-order valence-electron chi connectivity index (χ3n) is 6.37.